The average molecular weight is 555 g/mol. The fourth-order valence-corrected chi connectivity index (χ4v) is 6.76. The number of carbonyl (C=O) groups is 4. The molecule has 0 radical (unpaired) electrons. The van der Waals surface area contributed by atoms with Crippen LogP contribution in [0.3, 0.4) is 0 Å². The van der Waals surface area contributed by atoms with Crippen molar-refractivity contribution in [2.75, 3.05) is 10.2 Å². The highest BCUT2D eigenvalue weighted by molar-refractivity contribution is 9.10. The smallest absolute Gasteiger partial charge is 0.221 e. The van der Waals surface area contributed by atoms with E-state index in [2.05, 4.69) is 21.2 Å². The quantitative estimate of drug-likeness (QED) is 0.436. The van der Waals surface area contributed by atoms with Gasteiger partial charge in [-0.05, 0) is 36.8 Å². The molecule has 1 N–H and O–H groups in total. The lowest BCUT2D eigenvalue weighted by Crippen LogP contribution is -2.48. The number of nitrogens with zero attached hydrogens (tertiary/aromatic N) is 1. The van der Waals surface area contributed by atoms with Crippen LogP contribution >= 0.6 is 15.9 Å². The number of carbonyl (C=O) groups excluding carboxylic acids is 4. The van der Waals surface area contributed by atoms with Gasteiger partial charge in [-0.1, -0.05) is 70.5 Å². The van der Waals surface area contributed by atoms with Crippen LogP contribution in [0.5, 0.6) is 0 Å². The Hall–Kier alpha value is -3.84. The van der Waals surface area contributed by atoms with Gasteiger partial charge in [-0.15, -0.1) is 0 Å². The SMILES string of the molecule is CC(=O)Nc1cccc2c1C=C[C@H]1N2[C@H](C(C)=O)[C@H](c2ccc(Br)cc2)C12C(=O)c1ccccc1C2=O. The maximum atomic E-state index is 14.4. The Morgan fingerprint density at radius 2 is 1.54 bits per heavy atom. The summed E-state index contributed by atoms with van der Waals surface area (Å²) < 4.78 is 0.859. The molecule has 6 nitrogen and oxygen atoms in total. The van der Waals surface area contributed by atoms with Crippen LogP contribution in [0.2, 0.25) is 0 Å². The van der Waals surface area contributed by atoms with Crippen molar-refractivity contribution in [3.8, 4) is 0 Å². The zero-order valence-electron chi connectivity index (χ0n) is 20.2. The number of benzene rings is 3. The average Bonchev–Trinajstić information content (AvgIpc) is 3.31. The van der Waals surface area contributed by atoms with E-state index >= 15 is 0 Å². The first kappa shape index (κ1) is 23.6. The van der Waals surface area contributed by atoms with Gasteiger partial charge in [0.2, 0.25) is 5.91 Å². The van der Waals surface area contributed by atoms with Crippen molar-refractivity contribution in [3.63, 3.8) is 0 Å². The minimum atomic E-state index is -1.51. The summed E-state index contributed by atoms with van der Waals surface area (Å²) in [6.07, 6.45) is 3.71. The van der Waals surface area contributed by atoms with E-state index in [1.165, 1.54) is 13.8 Å². The lowest BCUT2D eigenvalue weighted by atomic mass is 9.64. The summed E-state index contributed by atoms with van der Waals surface area (Å²) in [5.74, 6) is -1.58. The Balaban J connectivity index is 1.65. The Kier molecular flexibility index (Phi) is 5.31. The topological polar surface area (TPSA) is 83.6 Å². The van der Waals surface area contributed by atoms with Gasteiger partial charge in [0.15, 0.2) is 17.3 Å². The van der Waals surface area contributed by atoms with Crippen LogP contribution in [0, 0.1) is 5.41 Å². The van der Waals surface area contributed by atoms with Crippen LogP contribution in [-0.4, -0.2) is 35.3 Å². The molecule has 184 valence electrons. The molecule has 7 heteroatoms. The van der Waals surface area contributed by atoms with Crippen molar-refractivity contribution in [2.45, 2.75) is 31.8 Å². The Labute approximate surface area is 222 Å². The van der Waals surface area contributed by atoms with Crippen LogP contribution < -0.4 is 10.2 Å². The molecule has 6 rings (SSSR count). The summed E-state index contributed by atoms with van der Waals surface area (Å²) in [6.45, 7) is 2.95. The molecule has 3 aliphatic rings. The molecule has 1 saturated heterocycles. The van der Waals surface area contributed by atoms with Gasteiger partial charge in [-0.25, -0.2) is 0 Å². The third-order valence-electron chi connectivity index (χ3n) is 7.80. The van der Waals surface area contributed by atoms with Crippen LogP contribution in [-0.2, 0) is 9.59 Å². The number of amides is 1. The maximum Gasteiger partial charge on any atom is 0.221 e. The number of hydrogen-bond acceptors (Lipinski definition) is 5. The molecule has 0 bridgehead atoms. The van der Waals surface area contributed by atoms with Crippen LogP contribution in [0.4, 0.5) is 11.4 Å². The van der Waals surface area contributed by atoms with Gasteiger partial charge in [0, 0.05) is 39.7 Å². The summed E-state index contributed by atoms with van der Waals surface area (Å²) in [7, 11) is 0. The monoisotopic (exact) mass is 554 g/mol. The summed E-state index contributed by atoms with van der Waals surface area (Å²) in [5, 5.41) is 2.86. The predicted octanol–water partition coefficient (Wildman–Crippen LogP) is 5.43. The molecule has 1 amide bonds. The number of Topliss-reactive ketones (excluding diaryl/α,β-unsaturated/α-hetero) is 3. The van der Waals surface area contributed by atoms with Crippen LogP contribution in [0.1, 0.15) is 51.6 Å². The number of ketones is 3. The van der Waals surface area contributed by atoms with Crippen molar-refractivity contribution in [3.05, 3.63) is 99.5 Å². The van der Waals surface area contributed by atoms with Gasteiger partial charge in [-0.3, -0.25) is 19.2 Å². The van der Waals surface area contributed by atoms with Crippen molar-refractivity contribution >= 4 is 56.6 Å². The van der Waals surface area contributed by atoms with E-state index in [-0.39, 0.29) is 23.3 Å². The number of nitrogens with one attached hydrogen (secondary N) is 1. The fraction of sp³-hybridized carbons (Fsp3) is 0.200. The number of halogens is 1. The van der Waals surface area contributed by atoms with Gasteiger partial charge >= 0.3 is 0 Å². The van der Waals surface area contributed by atoms with Gasteiger partial charge in [0.25, 0.3) is 0 Å². The first-order valence-corrected chi connectivity index (χ1v) is 12.9. The highest BCUT2D eigenvalue weighted by Gasteiger charge is 2.71. The lowest BCUT2D eigenvalue weighted by Gasteiger charge is -2.37. The molecule has 0 unspecified atom stereocenters. The van der Waals surface area contributed by atoms with Crippen molar-refractivity contribution in [1.82, 2.24) is 0 Å². The fourth-order valence-electron chi connectivity index (χ4n) is 6.49. The second kappa shape index (κ2) is 8.35. The van der Waals surface area contributed by atoms with E-state index in [9.17, 15) is 19.2 Å². The lowest BCUT2D eigenvalue weighted by molar-refractivity contribution is -0.118. The van der Waals surface area contributed by atoms with Gasteiger partial charge in [0.1, 0.15) is 5.41 Å². The normalized spacial score (nSPS) is 22.6. The Bertz CT molecular complexity index is 1510. The summed E-state index contributed by atoms with van der Waals surface area (Å²) in [4.78, 5) is 56.0. The number of fused-ring (bicyclic) bond motifs is 5. The summed E-state index contributed by atoms with van der Waals surface area (Å²) in [6, 6.07) is 18.5. The molecule has 2 aliphatic heterocycles. The predicted molar refractivity (Wildman–Crippen MR) is 145 cm³/mol. The van der Waals surface area contributed by atoms with Crippen molar-refractivity contribution < 1.29 is 19.2 Å². The van der Waals surface area contributed by atoms with E-state index in [4.69, 9.17) is 0 Å². The van der Waals surface area contributed by atoms with Crippen molar-refractivity contribution in [2.24, 2.45) is 5.41 Å². The van der Waals surface area contributed by atoms with Gasteiger partial charge in [-0.2, -0.15) is 0 Å². The minimum Gasteiger partial charge on any atom is -0.352 e. The summed E-state index contributed by atoms with van der Waals surface area (Å²) >= 11 is 3.47. The van der Waals surface area contributed by atoms with E-state index in [1.54, 1.807) is 30.3 Å². The maximum absolute atomic E-state index is 14.4. The van der Waals surface area contributed by atoms with E-state index < -0.39 is 23.4 Å². The minimum absolute atomic E-state index is 0.141. The first-order valence-electron chi connectivity index (χ1n) is 12.1. The third kappa shape index (κ3) is 3.16. The number of rotatable bonds is 3. The van der Waals surface area contributed by atoms with E-state index in [0.717, 1.165) is 15.6 Å². The third-order valence-corrected chi connectivity index (χ3v) is 8.33. The van der Waals surface area contributed by atoms with E-state index in [0.29, 0.717) is 22.5 Å². The zero-order chi connectivity index (χ0) is 26.1. The Morgan fingerprint density at radius 3 is 2.14 bits per heavy atom. The molecule has 0 saturated carbocycles. The molecule has 3 aromatic carbocycles. The van der Waals surface area contributed by atoms with Gasteiger partial charge < -0.3 is 10.2 Å². The van der Waals surface area contributed by atoms with Crippen LogP contribution in [0.15, 0.2) is 77.3 Å². The second-order valence-corrected chi connectivity index (χ2v) is 10.7. The molecular weight excluding hydrogens is 532 g/mol. The molecule has 37 heavy (non-hydrogen) atoms. The molecule has 2 heterocycles. The first-order chi connectivity index (χ1) is 17.8. The van der Waals surface area contributed by atoms with Gasteiger partial charge in [0.05, 0.1) is 17.8 Å². The van der Waals surface area contributed by atoms with E-state index in [1.807, 2.05) is 53.5 Å². The van der Waals surface area contributed by atoms with Crippen LogP contribution in [0.25, 0.3) is 6.08 Å². The number of anilines is 2. The highest BCUT2D eigenvalue weighted by Crippen LogP contribution is 2.61. The molecule has 1 spiro atoms. The molecule has 0 aromatic heterocycles. The zero-order valence-corrected chi connectivity index (χ0v) is 21.8. The largest absolute Gasteiger partial charge is 0.352 e. The van der Waals surface area contributed by atoms with Crippen molar-refractivity contribution in [1.29, 1.82) is 0 Å². The Morgan fingerprint density at radius 1 is 0.892 bits per heavy atom. The molecule has 3 atom stereocenters. The molecule has 1 aliphatic carbocycles. The molecule has 1 fully saturated rings. The molecule has 3 aromatic rings. The second-order valence-electron chi connectivity index (χ2n) is 9.79. The number of hydrogen-bond donors (Lipinski definition) is 1. The molecular formula is C30H23BrN2O4. The standard InChI is InChI=1S/C30H23BrN2O4/c1-16(34)27-26(18-10-12-19(31)13-11-18)30(28(36)20-6-3-4-7-21(20)29(30)37)25-15-14-22-23(32-17(2)35)8-5-9-24(22)33(25)27/h3-15,25-27H,1-2H3,(H,32,35)/t25-,26+,27-/m1/s1. The summed E-state index contributed by atoms with van der Waals surface area (Å²) in [5.41, 5.74) is 2.08. The highest BCUT2D eigenvalue weighted by atomic mass is 79.9.